The average molecular weight is 631 g/mol. The van der Waals surface area contributed by atoms with Crippen molar-refractivity contribution < 1.29 is 22.4 Å². The largest absolute Gasteiger partial charge is 0.352 e. The quantitative estimate of drug-likeness (QED) is 0.321. The molecule has 1 fully saturated rings. The first-order valence-electron chi connectivity index (χ1n) is 13.2. The fourth-order valence-electron chi connectivity index (χ4n) is 4.97. The topological polar surface area (TPSA) is 86.8 Å². The summed E-state index contributed by atoms with van der Waals surface area (Å²) >= 11 is 3.47. The number of hydrogen-bond acceptors (Lipinski definition) is 4. The molecule has 0 radical (unpaired) electrons. The summed E-state index contributed by atoms with van der Waals surface area (Å²) in [5.74, 6) is -1.34. The molecule has 212 valence electrons. The van der Waals surface area contributed by atoms with Crippen LogP contribution in [0.1, 0.15) is 36.8 Å². The van der Waals surface area contributed by atoms with Crippen molar-refractivity contribution in [2.45, 2.75) is 50.7 Å². The molecular weight excluding hydrogens is 597 g/mol. The number of nitrogens with one attached hydrogen (secondary N) is 1. The van der Waals surface area contributed by atoms with Crippen LogP contribution in [0.25, 0.3) is 0 Å². The van der Waals surface area contributed by atoms with E-state index in [0.717, 1.165) is 64.0 Å². The van der Waals surface area contributed by atoms with Gasteiger partial charge in [0.2, 0.25) is 21.8 Å². The molecule has 40 heavy (non-hydrogen) atoms. The molecule has 1 N–H and O–H groups in total. The molecule has 1 saturated carbocycles. The number of carbonyl (C=O) groups is 2. The lowest BCUT2D eigenvalue weighted by Gasteiger charge is -2.34. The van der Waals surface area contributed by atoms with Gasteiger partial charge in [-0.3, -0.25) is 13.9 Å². The summed E-state index contributed by atoms with van der Waals surface area (Å²) in [6.45, 7) is -0.449. The fourth-order valence-corrected chi connectivity index (χ4v) is 6.27. The second-order valence-electron chi connectivity index (χ2n) is 10.1. The molecule has 1 aliphatic carbocycles. The number of carbonyl (C=O) groups excluding carboxylic acids is 2. The van der Waals surface area contributed by atoms with Crippen LogP contribution < -0.4 is 9.62 Å². The SMILES string of the molecule is CS(=O)(=O)N(CC(=O)N(Cc1cccc(Br)c1)[C@@H](Cc1ccccc1)C(=O)NC1CCCC1)c1ccc(F)cc1. The second kappa shape index (κ2) is 13.4. The highest BCUT2D eigenvalue weighted by atomic mass is 79.9. The van der Waals surface area contributed by atoms with Gasteiger partial charge in [0.15, 0.2) is 0 Å². The molecule has 7 nitrogen and oxygen atoms in total. The first-order valence-corrected chi connectivity index (χ1v) is 15.9. The van der Waals surface area contributed by atoms with Crippen LogP contribution in [0.2, 0.25) is 0 Å². The van der Waals surface area contributed by atoms with Crippen molar-refractivity contribution in [3.05, 3.63) is 100 Å². The monoisotopic (exact) mass is 629 g/mol. The Morgan fingerprint density at radius 1 is 0.975 bits per heavy atom. The lowest BCUT2D eigenvalue weighted by Crippen LogP contribution is -2.54. The minimum absolute atomic E-state index is 0.0420. The van der Waals surface area contributed by atoms with Gasteiger partial charge in [0.1, 0.15) is 18.4 Å². The molecule has 0 saturated heterocycles. The molecule has 2 amide bonds. The Labute approximate surface area is 243 Å². The smallest absolute Gasteiger partial charge is 0.244 e. The van der Waals surface area contributed by atoms with Crippen LogP contribution in [0.3, 0.4) is 0 Å². The standard InChI is InChI=1S/C30H33BrFN3O4S/c1-40(38,39)35(27-16-14-25(32)15-17-27)21-29(36)34(20-23-10-7-11-24(31)18-23)28(19-22-8-3-2-4-9-22)30(37)33-26-12-5-6-13-26/h2-4,7-11,14-18,26,28H,5-6,12-13,19-21H2,1H3,(H,33,37)/t28-/m0/s1. The van der Waals surface area contributed by atoms with Crippen molar-refractivity contribution in [3.8, 4) is 0 Å². The number of amides is 2. The maximum atomic E-state index is 14.1. The highest BCUT2D eigenvalue weighted by molar-refractivity contribution is 9.10. The summed E-state index contributed by atoms with van der Waals surface area (Å²) in [5.41, 5.74) is 1.82. The summed E-state index contributed by atoms with van der Waals surface area (Å²) in [5, 5.41) is 3.14. The van der Waals surface area contributed by atoms with E-state index in [-0.39, 0.29) is 30.6 Å². The lowest BCUT2D eigenvalue weighted by atomic mass is 10.0. The predicted octanol–water partition coefficient (Wildman–Crippen LogP) is 5.05. The predicted molar refractivity (Wildman–Crippen MR) is 158 cm³/mol. The Kier molecular flexibility index (Phi) is 9.97. The Bertz CT molecular complexity index is 1410. The molecule has 0 aliphatic heterocycles. The van der Waals surface area contributed by atoms with Crippen molar-refractivity contribution >= 4 is 43.5 Å². The molecule has 0 aromatic heterocycles. The molecular formula is C30H33BrFN3O4S. The van der Waals surface area contributed by atoms with E-state index < -0.39 is 34.3 Å². The van der Waals surface area contributed by atoms with Crippen LogP contribution in [-0.2, 0) is 32.6 Å². The van der Waals surface area contributed by atoms with E-state index in [2.05, 4.69) is 21.2 Å². The van der Waals surface area contributed by atoms with Gasteiger partial charge < -0.3 is 10.2 Å². The summed E-state index contributed by atoms with van der Waals surface area (Å²) in [6, 6.07) is 20.9. The average Bonchev–Trinajstić information content (AvgIpc) is 3.43. The fraction of sp³-hybridized carbons (Fsp3) is 0.333. The maximum Gasteiger partial charge on any atom is 0.244 e. The van der Waals surface area contributed by atoms with Crippen LogP contribution >= 0.6 is 15.9 Å². The first-order chi connectivity index (χ1) is 19.1. The van der Waals surface area contributed by atoms with Crippen LogP contribution in [0.15, 0.2) is 83.3 Å². The van der Waals surface area contributed by atoms with Crippen molar-refractivity contribution in [1.29, 1.82) is 0 Å². The molecule has 0 bridgehead atoms. The van der Waals surface area contributed by atoms with Gasteiger partial charge >= 0.3 is 0 Å². The van der Waals surface area contributed by atoms with Crippen molar-refractivity contribution in [1.82, 2.24) is 10.2 Å². The van der Waals surface area contributed by atoms with E-state index in [1.807, 2.05) is 54.6 Å². The molecule has 1 atom stereocenters. The summed E-state index contributed by atoms with van der Waals surface area (Å²) in [6.07, 6.45) is 5.10. The van der Waals surface area contributed by atoms with Gasteiger partial charge in [0, 0.05) is 23.5 Å². The molecule has 0 heterocycles. The van der Waals surface area contributed by atoms with Gasteiger partial charge in [-0.25, -0.2) is 12.8 Å². The zero-order valence-electron chi connectivity index (χ0n) is 22.3. The zero-order chi connectivity index (χ0) is 28.7. The van der Waals surface area contributed by atoms with Gasteiger partial charge in [-0.05, 0) is 60.4 Å². The number of rotatable bonds is 11. The third-order valence-electron chi connectivity index (χ3n) is 7.01. The Morgan fingerprint density at radius 2 is 1.62 bits per heavy atom. The normalized spacial score (nSPS) is 14.5. The first kappa shape index (κ1) is 29.7. The van der Waals surface area contributed by atoms with Crippen LogP contribution in [0, 0.1) is 5.82 Å². The molecule has 3 aromatic carbocycles. The second-order valence-corrected chi connectivity index (χ2v) is 12.9. The van der Waals surface area contributed by atoms with Gasteiger partial charge in [-0.15, -0.1) is 0 Å². The van der Waals surface area contributed by atoms with Gasteiger partial charge in [-0.1, -0.05) is 71.2 Å². The van der Waals surface area contributed by atoms with E-state index in [1.165, 1.54) is 17.0 Å². The maximum absolute atomic E-state index is 14.1. The van der Waals surface area contributed by atoms with Crippen LogP contribution in [-0.4, -0.2) is 50.0 Å². The molecule has 4 rings (SSSR count). The van der Waals surface area contributed by atoms with E-state index in [0.29, 0.717) is 0 Å². The number of halogens is 2. The Morgan fingerprint density at radius 3 is 2.25 bits per heavy atom. The summed E-state index contributed by atoms with van der Waals surface area (Å²) in [7, 11) is -3.91. The van der Waals surface area contributed by atoms with Gasteiger partial charge in [0.25, 0.3) is 0 Å². The third kappa shape index (κ3) is 8.14. The number of sulfonamides is 1. The minimum atomic E-state index is -3.91. The van der Waals surface area contributed by atoms with Gasteiger partial charge in [-0.2, -0.15) is 0 Å². The van der Waals surface area contributed by atoms with Gasteiger partial charge in [0.05, 0.1) is 11.9 Å². The van der Waals surface area contributed by atoms with E-state index in [1.54, 1.807) is 0 Å². The van der Waals surface area contributed by atoms with Crippen molar-refractivity contribution in [2.75, 3.05) is 17.1 Å². The van der Waals surface area contributed by atoms with E-state index in [9.17, 15) is 22.4 Å². The van der Waals surface area contributed by atoms with Crippen molar-refractivity contribution in [2.24, 2.45) is 0 Å². The molecule has 0 unspecified atom stereocenters. The highest BCUT2D eigenvalue weighted by Gasteiger charge is 2.34. The van der Waals surface area contributed by atoms with Crippen LogP contribution in [0.4, 0.5) is 10.1 Å². The molecule has 0 spiro atoms. The minimum Gasteiger partial charge on any atom is -0.352 e. The number of benzene rings is 3. The highest BCUT2D eigenvalue weighted by Crippen LogP contribution is 2.23. The zero-order valence-corrected chi connectivity index (χ0v) is 24.7. The molecule has 10 heteroatoms. The van der Waals surface area contributed by atoms with E-state index >= 15 is 0 Å². The van der Waals surface area contributed by atoms with Crippen molar-refractivity contribution in [3.63, 3.8) is 0 Å². The number of anilines is 1. The Hall–Kier alpha value is -3.24. The Balaban J connectivity index is 1.72. The summed E-state index contributed by atoms with van der Waals surface area (Å²) in [4.78, 5) is 29.3. The summed E-state index contributed by atoms with van der Waals surface area (Å²) < 4.78 is 40.9. The van der Waals surface area contributed by atoms with E-state index in [4.69, 9.17) is 0 Å². The molecule has 3 aromatic rings. The lowest BCUT2D eigenvalue weighted by molar-refractivity contribution is -0.140. The molecule has 1 aliphatic rings. The third-order valence-corrected chi connectivity index (χ3v) is 8.64. The number of hydrogen-bond donors (Lipinski definition) is 1. The number of nitrogens with zero attached hydrogens (tertiary/aromatic N) is 2. The van der Waals surface area contributed by atoms with Crippen LogP contribution in [0.5, 0.6) is 0 Å².